The van der Waals surface area contributed by atoms with E-state index >= 15 is 0 Å². The molecule has 3 fully saturated rings. The van der Waals surface area contributed by atoms with Crippen molar-refractivity contribution in [2.75, 3.05) is 44.0 Å². The monoisotopic (exact) mass is 523 g/mol. The summed E-state index contributed by atoms with van der Waals surface area (Å²) < 4.78 is 75.5. The zero-order valence-corrected chi connectivity index (χ0v) is 19.9. The topological polar surface area (TPSA) is 105 Å². The molecule has 0 unspecified atom stereocenters. The van der Waals surface area contributed by atoms with Crippen LogP contribution in [0.15, 0.2) is 23.1 Å². The van der Waals surface area contributed by atoms with Gasteiger partial charge >= 0.3 is 6.18 Å². The molecule has 188 valence electrons. The molecule has 9 nitrogen and oxygen atoms in total. The zero-order chi connectivity index (χ0) is 24.7. The fourth-order valence-corrected chi connectivity index (χ4v) is 7.09. The molecule has 3 heterocycles. The lowest BCUT2D eigenvalue weighted by atomic mass is 10.2. The van der Waals surface area contributed by atoms with Gasteiger partial charge in [-0.1, -0.05) is 0 Å². The van der Waals surface area contributed by atoms with Crippen LogP contribution in [-0.4, -0.2) is 85.2 Å². The van der Waals surface area contributed by atoms with E-state index in [9.17, 15) is 31.2 Å². The number of benzene rings is 1. The lowest BCUT2D eigenvalue weighted by Crippen LogP contribution is -2.48. The summed E-state index contributed by atoms with van der Waals surface area (Å²) in [4.78, 5) is 26.2. The molecule has 0 radical (unpaired) electrons. The largest absolute Gasteiger partial charge is 0.482 e. The van der Waals surface area contributed by atoms with E-state index in [-0.39, 0.29) is 48.5 Å². The summed E-state index contributed by atoms with van der Waals surface area (Å²) >= 11 is 1.46. The molecule has 3 saturated heterocycles. The lowest BCUT2D eigenvalue weighted by Gasteiger charge is -2.30. The van der Waals surface area contributed by atoms with Crippen LogP contribution in [0.4, 0.5) is 18.9 Å². The van der Waals surface area contributed by atoms with Gasteiger partial charge in [-0.05, 0) is 31.5 Å². The molecule has 1 N–H and O–H groups in total. The Hall–Kier alpha value is -2.03. The molecule has 2 amide bonds. The molecule has 34 heavy (non-hydrogen) atoms. The maximum Gasteiger partial charge on any atom is 0.422 e. The van der Waals surface area contributed by atoms with Crippen LogP contribution in [0.3, 0.4) is 0 Å². The molecule has 0 spiro atoms. The Morgan fingerprint density at radius 3 is 2.71 bits per heavy atom. The van der Waals surface area contributed by atoms with Crippen LogP contribution in [0, 0.1) is 0 Å². The highest BCUT2D eigenvalue weighted by molar-refractivity contribution is 8.01. The van der Waals surface area contributed by atoms with Crippen molar-refractivity contribution in [3.63, 3.8) is 0 Å². The lowest BCUT2D eigenvalue weighted by molar-refractivity contribution is -0.153. The van der Waals surface area contributed by atoms with Crippen LogP contribution in [0.5, 0.6) is 5.75 Å². The molecule has 4 rings (SSSR count). The third kappa shape index (κ3) is 4.99. The molecule has 1 aromatic rings. The first-order valence-corrected chi connectivity index (χ1v) is 13.0. The van der Waals surface area contributed by atoms with E-state index in [4.69, 9.17) is 9.47 Å². The maximum atomic E-state index is 13.1. The highest BCUT2D eigenvalue weighted by atomic mass is 32.2. The number of fused-ring (bicyclic) bond motifs is 1. The van der Waals surface area contributed by atoms with Gasteiger partial charge in [-0.3, -0.25) is 9.59 Å². The summed E-state index contributed by atoms with van der Waals surface area (Å²) in [5.74, 6) is -0.805. The third-order valence-corrected chi connectivity index (χ3v) is 9.36. The van der Waals surface area contributed by atoms with Crippen molar-refractivity contribution in [1.29, 1.82) is 0 Å². The van der Waals surface area contributed by atoms with E-state index in [0.29, 0.717) is 18.6 Å². The first kappa shape index (κ1) is 25.1. The second-order valence-corrected chi connectivity index (χ2v) is 11.8. The van der Waals surface area contributed by atoms with Gasteiger partial charge in [0.25, 0.3) is 0 Å². The normalized spacial score (nSPS) is 25.9. The van der Waals surface area contributed by atoms with Crippen molar-refractivity contribution in [1.82, 2.24) is 9.21 Å². The molecule has 2 atom stereocenters. The molecule has 3 aliphatic heterocycles. The number of carbonyl (C=O) groups excluding carboxylic acids is 2. The van der Waals surface area contributed by atoms with Gasteiger partial charge in [-0.25, -0.2) is 8.42 Å². The Morgan fingerprint density at radius 1 is 1.32 bits per heavy atom. The van der Waals surface area contributed by atoms with Crippen molar-refractivity contribution in [2.45, 2.75) is 41.7 Å². The van der Waals surface area contributed by atoms with Gasteiger partial charge in [0.2, 0.25) is 21.8 Å². The first-order chi connectivity index (χ1) is 15.9. The van der Waals surface area contributed by atoms with Gasteiger partial charge in [0.15, 0.2) is 6.61 Å². The van der Waals surface area contributed by atoms with Crippen molar-refractivity contribution >= 4 is 39.3 Å². The predicted octanol–water partition coefficient (Wildman–Crippen LogP) is 2.04. The Labute approximate surface area is 199 Å². The van der Waals surface area contributed by atoms with E-state index in [1.165, 1.54) is 21.0 Å². The molecule has 0 bridgehead atoms. The smallest absolute Gasteiger partial charge is 0.422 e. The van der Waals surface area contributed by atoms with Crippen LogP contribution in [0.2, 0.25) is 0 Å². The van der Waals surface area contributed by atoms with E-state index in [0.717, 1.165) is 18.2 Å². The number of nitrogens with zero attached hydrogens (tertiary/aromatic N) is 2. The molecular weight excluding hydrogens is 499 g/mol. The predicted molar refractivity (Wildman–Crippen MR) is 117 cm³/mol. The molecule has 1 aromatic carbocycles. The number of thioether (sulfide) groups is 1. The summed E-state index contributed by atoms with van der Waals surface area (Å²) in [6.45, 7) is 0.947. The maximum absolute atomic E-state index is 13.1. The summed E-state index contributed by atoms with van der Waals surface area (Å²) in [6, 6.07) is 2.48. The van der Waals surface area contributed by atoms with E-state index in [1.807, 2.05) is 6.92 Å². The number of morpholine rings is 1. The van der Waals surface area contributed by atoms with Gasteiger partial charge in [-0.2, -0.15) is 17.5 Å². The fourth-order valence-electron chi connectivity index (χ4n) is 4.22. The Morgan fingerprint density at radius 2 is 2.03 bits per heavy atom. The molecule has 0 aliphatic carbocycles. The standard InChI is InChI=1S/C20H24F3N3O6S2/c1-19-5-4-17(27)26(19)15(11-33-19)18(28)24-14-10-13(2-3-16(14)32-12-20(21,22)23)34(29,30)25-6-8-31-9-7-25/h2-3,10,15H,4-9,11-12H2,1H3,(H,24,28)/t15-,19+/m0/s1. The number of rotatable bonds is 6. The van der Waals surface area contributed by atoms with Gasteiger partial charge < -0.3 is 19.7 Å². The zero-order valence-electron chi connectivity index (χ0n) is 18.3. The van der Waals surface area contributed by atoms with Crippen molar-refractivity contribution in [3.8, 4) is 5.75 Å². The Bertz CT molecular complexity index is 1080. The number of ether oxygens (including phenoxy) is 2. The van der Waals surface area contributed by atoms with E-state index in [1.54, 1.807) is 0 Å². The van der Waals surface area contributed by atoms with Crippen LogP contribution in [0.25, 0.3) is 0 Å². The van der Waals surface area contributed by atoms with Crippen LogP contribution in [-0.2, 0) is 24.3 Å². The molecule has 0 saturated carbocycles. The van der Waals surface area contributed by atoms with Crippen LogP contribution >= 0.6 is 11.8 Å². The van der Waals surface area contributed by atoms with Gasteiger partial charge in [-0.15, -0.1) is 11.8 Å². The SMILES string of the molecule is C[C@@]12CCC(=O)N1[C@H](C(=O)Nc1cc(S(=O)(=O)N3CCOCC3)ccc1OCC(F)(F)F)CS2. The summed E-state index contributed by atoms with van der Waals surface area (Å²) in [5.41, 5.74) is -0.214. The molecule has 3 aliphatic rings. The fraction of sp³-hybridized carbons (Fsp3) is 0.600. The number of nitrogens with one attached hydrogen (secondary N) is 1. The van der Waals surface area contributed by atoms with Crippen LogP contribution in [0.1, 0.15) is 19.8 Å². The first-order valence-electron chi connectivity index (χ1n) is 10.6. The number of sulfonamides is 1. The quantitative estimate of drug-likeness (QED) is 0.609. The highest BCUT2D eigenvalue weighted by Gasteiger charge is 2.53. The van der Waals surface area contributed by atoms with Crippen LogP contribution < -0.4 is 10.1 Å². The Balaban J connectivity index is 1.62. The summed E-state index contributed by atoms with van der Waals surface area (Å²) in [5, 5.41) is 2.51. The van der Waals surface area contributed by atoms with Gasteiger partial charge in [0.1, 0.15) is 11.8 Å². The second-order valence-electron chi connectivity index (χ2n) is 8.33. The minimum atomic E-state index is -4.63. The average Bonchev–Trinajstić information content (AvgIpc) is 3.28. The highest BCUT2D eigenvalue weighted by Crippen LogP contribution is 2.47. The molecule has 0 aromatic heterocycles. The summed E-state index contributed by atoms with van der Waals surface area (Å²) in [6.07, 6.45) is -3.74. The van der Waals surface area contributed by atoms with E-state index < -0.39 is 39.6 Å². The number of halogens is 3. The minimum absolute atomic E-state index is 0.130. The third-order valence-electron chi connectivity index (χ3n) is 5.96. The van der Waals surface area contributed by atoms with Crippen molar-refractivity contribution in [2.24, 2.45) is 0 Å². The second kappa shape index (κ2) is 9.21. The van der Waals surface area contributed by atoms with Crippen molar-refractivity contribution < 1.29 is 40.7 Å². The Kier molecular flexibility index (Phi) is 6.79. The van der Waals surface area contributed by atoms with Gasteiger partial charge in [0.05, 0.1) is 28.7 Å². The molecular formula is C20H24F3N3O6S2. The van der Waals surface area contributed by atoms with Crippen molar-refractivity contribution in [3.05, 3.63) is 18.2 Å². The number of hydrogen-bond acceptors (Lipinski definition) is 7. The number of alkyl halides is 3. The van der Waals surface area contributed by atoms with E-state index in [2.05, 4.69) is 5.32 Å². The number of amides is 2. The number of anilines is 1. The molecule has 14 heteroatoms. The number of carbonyl (C=O) groups is 2. The minimum Gasteiger partial charge on any atom is -0.482 e. The average molecular weight is 524 g/mol. The summed E-state index contributed by atoms with van der Waals surface area (Å²) in [7, 11) is -3.98. The number of hydrogen-bond donors (Lipinski definition) is 1. The van der Waals surface area contributed by atoms with Gasteiger partial charge in [0, 0.05) is 25.3 Å².